The molecule has 0 aliphatic carbocycles. The van der Waals surface area contributed by atoms with Crippen molar-refractivity contribution in [1.29, 1.82) is 0 Å². The van der Waals surface area contributed by atoms with Crippen LogP contribution in [-0.2, 0) is 6.54 Å². The van der Waals surface area contributed by atoms with E-state index in [9.17, 15) is 0 Å². The summed E-state index contributed by atoms with van der Waals surface area (Å²) in [5, 5.41) is 6.71. The van der Waals surface area contributed by atoms with Crippen LogP contribution in [0.4, 0.5) is 17.3 Å². The second kappa shape index (κ2) is 7.74. The maximum absolute atomic E-state index is 5.39. The van der Waals surface area contributed by atoms with Crippen molar-refractivity contribution in [3.8, 4) is 11.4 Å². The van der Waals surface area contributed by atoms with Gasteiger partial charge in [-0.15, -0.1) is 0 Å². The zero-order chi connectivity index (χ0) is 18.5. The van der Waals surface area contributed by atoms with Crippen LogP contribution in [0.15, 0.2) is 83.5 Å². The van der Waals surface area contributed by atoms with E-state index in [0.717, 1.165) is 34.2 Å². The van der Waals surface area contributed by atoms with Gasteiger partial charge in [-0.05, 0) is 30.7 Å². The second-order valence-corrected chi connectivity index (χ2v) is 6.20. The summed E-state index contributed by atoms with van der Waals surface area (Å²) in [6, 6.07) is 23.8. The van der Waals surface area contributed by atoms with Gasteiger partial charge in [-0.3, -0.25) is 0 Å². The first-order valence-electron chi connectivity index (χ1n) is 8.81. The van der Waals surface area contributed by atoms with Crippen molar-refractivity contribution in [3.05, 3.63) is 90.4 Å². The van der Waals surface area contributed by atoms with Gasteiger partial charge in [0, 0.05) is 17.3 Å². The van der Waals surface area contributed by atoms with Crippen LogP contribution in [-0.4, -0.2) is 9.97 Å². The number of benzene rings is 2. The van der Waals surface area contributed by atoms with Gasteiger partial charge in [0.25, 0.3) is 0 Å². The molecular formula is C22H20N4O. The Morgan fingerprint density at radius 3 is 2.41 bits per heavy atom. The van der Waals surface area contributed by atoms with Crippen molar-refractivity contribution in [1.82, 2.24) is 9.97 Å². The van der Waals surface area contributed by atoms with Gasteiger partial charge < -0.3 is 15.1 Å². The number of furan rings is 1. The molecule has 0 bridgehead atoms. The van der Waals surface area contributed by atoms with Crippen molar-refractivity contribution in [3.63, 3.8) is 0 Å². The molecule has 0 unspecified atom stereocenters. The van der Waals surface area contributed by atoms with Gasteiger partial charge in [-0.2, -0.15) is 0 Å². The topological polar surface area (TPSA) is 63.0 Å². The molecular weight excluding hydrogens is 336 g/mol. The quantitative estimate of drug-likeness (QED) is 0.484. The maximum Gasteiger partial charge on any atom is 0.163 e. The monoisotopic (exact) mass is 356 g/mol. The summed E-state index contributed by atoms with van der Waals surface area (Å²) in [6.45, 7) is 2.62. The number of para-hydroxylation sites is 1. The maximum atomic E-state index is 5.39. The van der Waals surface area contributed by atoms with Crippen LogP contribution in [0.25, 0.3) is 11.4 Å². The summed E-state index contributed by atoms with van der Waals surface area (Å²) in [5.41, 5.74) is 3.14. The lowest BCUT2D eigenvalue weighted by Crippen LogP contribution is -2.05. The summed E-state index contributed by atoms with van der Waals surface area (Å²) < 4.78 is 5.39. The van der Waals surface area contributed by atoms with Gasteiger partial charge in [0.05, 0.1) is 12.8 Å². The summed E-state index contributed by atoms with van der Waals surface area (Å²) in [5.74, 6) is 2.98. The Morgan fingerprint density at radius 1 is 0.852 bits per heavy atom. The summed E-state index contributed by atoms with van der Waals surface area (Å²) >= 11 is 0. The zero-order valence-corrected chi connectivity index (χ0v) is 15.0. The highest BCUT2D eigenvalue weighted by Crippen LogP contribution is 2.24. The molecule has 5 heteroatoms. The number of anilines is 3. The number of aryl methyl sites for hydroxylation is 1. The molecule has 0 aliphatic rings. The average molecular weight is 356 g/mol. The second-order valence-electron chi connectivity index (χ2n) is 6.20. The van der Waals surface area contributed by atoms with Crippen molar-refractivity contribution in [2.24, 2.45) is 0 Å². The van der Waals surface area contributed by atoms with E-state index in [2.05, 4.69) is 28.6 Å². The predicted octanol–water partition coefficient (Wildman–Crippen LogP) is 5.40. The number of hydrogen-bond acceptors (Lipinski definition) is 5. The van der Waals surface area contributed by atoms with Crippen LogP contribution in [0.2, 0.25) is 0 Å². The Balaban J connectivity index is 1.66. The third-order valence-electron chi connectivity index (χ3n) is 4.19. The third kappa shape index (κ3) is 4.15. The van der Waals surface area contributed by atoms with Crippen LogP contribution >= 0.6 is 0 Å². The fourth-order valence-electron chi connectivity index (χ4n) is 2.76. The molecule has 2 aromatic heterocycles. The van der Waals surface area contributed by atoms with Crippen LogP contribution in [0, 0.1) is 6.92 Å². The molecule has 4 rings (SSSR count). The highest BCUT2D eigenvalue weighted by molar-refractivity contribution is 5.66. The smallest absolute Gasteiger partial charge is 0.163 e. The van der Waals surface area contributed by atoms with Crippen LogP contribution in [0.1, 0.15) is 11.3 Å². The Bertz CT molecular complexity index is 1010. The van der Waals surface area contributed by atoms with E-state index in [1.807, 2.05) is 66.7 Å². The molecule has 2 N–H and O–H groups in total. The van der Waals surface area contributed by atoms with Gasteiger partial charge in [-0.1, -0.05) is 48.5 Å². The van der Waals surface area contributed by atoms with Gasteiger partial charge in [0.15, 0.2) is 5.82 Å². The normalized spacial score (nSPS) is 10.6. The molecule has 0 atom stereocenters. The lowest BCUT2D eigenvalue weighted by molar-refractivity contribution is 0.518. The molecule has 0 amide bonds. The van der Waals surface area contributed by atoms with E-state index in [0.29, 0.717) is 12.4 Å². The fourth-order valence-corrected chi connectivity index (χ4v) is 2.76. The minimum atomic E-state index is 0.558. The van der Waals surface area contributed by atoms with E-state index in [1.165, 1.54) is 0 Å². The molecule has 4 aromatic rings. The average Bonchev–Trinajstić information content (AvgIpc) is 3.22. The largest absolute Gasteiger partial charge is 0.467 e. The molecule has 0 saturated carbocycles. The molecule has 134 valence electrons. The van der Waals surface area contributed by atoms with E-state index in [1.54, 1.807) is 6.26 Å². The summed E-state index contributed by atoms with van der Waals surface area (Å²) in [4.78, 5) is 9.36. The van der Waals surface area contributed by atoms with Crippen molar-refractivity contribution in [2.45, 2.75) is 13.5 Å². The van der Waals surface area contributed by atoms with Crippen molar-refractivity contribution < 1.29 is 4.42 Å². The van der Waals surface area contributed by atoms with Gasteiger partial charge in [0.2, 0.25) is 0 Å². The lowest BCUT2D eigenvalue weighted by Gasteiger charge is -2.12. The molecule has 0 radical (unpaired) electrons. The zero-order valence-electron chi connectivity index (χ0n) is 15.0. The van der Waals surface area contributed by atoms with Crippen LogP contribution in [0.3, 0.4) is 0 Å². The molecule has 5 nitrogen and oxygen atoms in total. The van der Waals surface area contributed by atoms with Gasteiger partial charge in [0.1, 0.15) is 17.4 Å². The summed E-state index contributed by atoms with van der Waals surface area (Å²) in [7, 11) is 0. The van der Waals surface area contributed by atoms with E-state index in [4.69, 9.17) is 9.40 Å². The Kier molecular flexibility index (Phi) is 4.83. The highest BCUT2D eigenvalue weighted by atomic mass is 16.3. The third-order valence-corrected chi connectivity index (χ3v) is 4.19. The first-order chi connectivity index (χ1) is 13.3. The SMILES string of the molecule is Cc1ccccc1Nc1cc(NCc2ccco2)nc(-c2ccccc2)n1. The van der Waals surface area contributed by atoms with E-state index >= 15 is 0 Å². The molecule has 0 fully saturated rings. The van der Waals surface area contributed by atoms with Crippen molar-refractivity contribution in [2.75, 3.05) is 10.6 Å². The first kappa shape index (κ1) is 16.8. The van der Waals surface area contributed by atoms with Crippen LogP contribution in [0.5, 0.6) is 0 Å². The molecule has 2 heterocycles. The molecule has 2 aromatic carbocycles. The van der Waals surface area contributed by atoms with Crippen LogP contribution < -0.4 is 10.6 Å². The lowest BCUT2D eigenvalue weighted by atomic mass is 10.2. The minimum Gasteiger partial charge on any atom is -0.467 e. The van der Waals surface area contributed by atoms with Crippen molar-refractivity contribution >= 4 is 17.3 Å². The molecule has 0 aliphatic heterocycles. The summed E-state index contributed by atoms with van der Waals surface area (Å²) in [6.07, 6.45) is 1.66. The standard InChI is InChI=1S/C22H20N4O/c1-16-8-5-6-12-19(16)24-21-14-20(23-15-18-11-7-13-27-18)25-22(26-21)17-9-3-2-4-10-17/h2-14H,15H2,1H3,(H2,23,24,25,26). The van der Waals surface area contributed by atoms with Gasteiger partial charge in [-0.25, -0.2) is 9.97 Å². The highest BCUT2D eigenvalue weighted by Gasteiger charge is 2.08. The van der Waals surface area contributed by atoms with Gasteiger partial charge >= 0.3 is 0 Å². The Labute approximate surface area is 158 Å². The predicted molar refractivity (Wildman–Crippen MR) is 108 cm³/mol. The number of rotatable bonds is 6. The number of nitrogens with one attached hydrogen (secondary N) is 2. The number of hydrogen-bond donors (Lipinski definition) is 2. The number of aromatic nitrogens is 2. The first-order valence-corrected chi connectivity index (χ1v) is 8.81. The van der Waals surface area contributed by atoms with E-state index in [-0.39, 0.29) is 0 Å². The Morgan fingerprint density at radius 2 is 1.63 bits per heavy atom. The number of nitrogens with zero attached hydrogens (tertiary/aromatic N) is 2. The molecule has 0 saturated heterocycles. The molecule has 27 heavy (non-hydrogen) atoms. The Hall–Kier alpha value is -3.60. The minimum absolute atomic E-state index is 0.558. The fraction of sp³-hybridized carbons (Fsp3) is 0.0909. The molecule has 0 spiro atoms. The van der Waals surface area contributed by atoms with E-state index < -0.39 is 0 Å².